The number of H-pyrrole nitrogens is 1. The number of hydrogen-bond donors (Lipinski definition) is 3. The Hall–Kier alpha value is -1.85. The van der Waals surface area contributed by atoms with Crippen LogP contribution in [0.2, 0.25) is 0 Å². The number of benzene rings is 1. The first kappa shape index (κ1) is 12.6. The van der Waals surface area contributed by atoms with Crippen LogP contribution in [0.4, 0.5) is 5.69 Å². The van der Waals surface area contributed by atoms with Crippen molar-refractivity contribution in [2.24, 2.45) is 5.73 Å². The van der Waals surface area contributed by atoms with Gasteiger partial charge in [0.15, 0.2) is 0 Å². The van der Waals surface area contributed by atoms with Gasteiger partial charge in [-0.25, -0.2) is 0 Å². The van der Waals surface area contributed by atoms with Crippen LogP contribution in [-0.4, -0.2) is 30.6 Å². The lowest BCUT2D eigenvalue weighted by Crippen LogP contribution is -2.28. The summed E-state index contributed by atoms with van der Waals surface area (Å²) in [4.78, 5) is 14.9. The van der Waals surface area contributed by atoms with Crippen LogP contribution >= 0.6 is 0 Å². The van der Waals surface area contributed by atoms with E-state index in [2.05, 4.69) is 10.3 Å². The molecule has 0 aliphatic heterocycles. The minimum atomic E-state index is -0.240. The van der Waals surface area contributed by atoms with Crippen molar-refractivity contribution in [2.45, 2.75) is 12.5 Å². The molecule has 96 valence electrons. The van der Waals surface area contributed by atoms with Gasteiger partial charge in [-0.05, 0) is 18.2 Å². The lowest BCUT2D eigenvalue weighted by Gasteiger charge is -2.13. The molecule has 5 nitrogen and oxygen atoms in total. The van der Waals surface area contributed by atoms with Crippen LogP contribution in [0.3, 0.4) is 0 Å². The normalized spacial score (nSPS) is 12.6. The summed E-state index contributed by atoms with van der Waals surface area (Å²) >= 11 is 0. The maximum Gasteiger partial charge on any atom is 0.227 e. The Morgan fingerprint density at radius 2 is 2.33 bits per heavy atom. The van der Waals surface area contributed by atoms with Crippen molar-refractivity contribution in [3.05, 3.63) is 30.5 Å². The van der Waals surface area contributed by atoms with Crippen molar-refractivity contribution in [3.63, 3.8) is 0 Å². The van der Waals surface area contributed by atoms with Gasteiger partial charge in [-0.2, -0.15) is 0 Å². The van der Waals surface area contributed by atoms with E-state index >= 15 is 0 Å². The number of aromatic nitrogens is 1. The van der Waals surface area contributed by atoms with Crippen molar-refractivity contribution in [3.8, 4) is 0 Å². The van der Waals surface area contributed by atoms with Gasteiger partial charge in [0, 0.05) is 30.8 Å². The highest BCUT2D eigenvalue weighted by Crippen LogP contribution is 2.22. The van der Waals surface area contributed by atoms with E-state index < -0.39 is 0 Å². The Balaban J connectivity index is 2.09. The molecule has 1 atom stereocenters. The molecule has 0 radical (unpaired) electrons. The van der Waals surface area contributed by atoms with Crippen molar-refractivity contribution >= 4 is 22.5 Å². The Kier molecular flexibility index (Phi) is 3.96. The fourth-order valence-electron chi connectivity index (χ4n) is 1.87. The van der Waals surface area contributed by atoms with E-state index in [0.29, 0.717) is 6.54 Å². The highest BCUT2D eigenvalue weighted by Gasteiger charge is 2.12. The van der Waals surface area contributed by atoms with Gasteiger partial charge >= 0.3 is 0 Å². The first-order valence-corrected chi connectivity index (χ1v) is 5.83. The van der Waals surface area contributed by atoms with E-state index in [1.807, 2.05) is 30.5 Å². The molecule has 1 aromatic carbocycles. The zero-order chi connectivity index (χ0) is 13.0. The molecular weight excluding hydrogens is 230 g/mol. The molecule has 0 aliphatic rings. The Labute approximate surface area is 105 Å². The van der Waals surface area contributed by atoms with E-state index in [9.17, 15) is 4.79 Å². The maximum absolute atomic E-state index is 11.8. The summed E-state index contributed by atoms with van der Waals surface area (Å²) in [5.41, 5.74) is 7.28. The van der Waals surface area contributed by atoms with Crippen LogP contribution < -0.4 is 11.1 Å². The quantitative estimate of drug-likeness (QED) is 0.748. The zero-order valence-electron chi connectivity index (χ0n) is 10.3. The second-order valence-electron chi connectivity index (χ2n) is 4.09. The van der Waals surface area contributed by atoms with Crippen LogP contribution in [0.25, 0.3) is 10.9 Å². The highest BCUT2D eigenvalue weighted by molar-refractivity contribution is 6.01. The molecule has 0 bridgehead atoms. The average Bonchev–Trinajstić information content (AvgIpc) is 2.85. The number of carbonyl (C=O) groups excluding carboxylic acids is 1. The van der Waals surface area contributed by atoms with Gasteiger partial charge in [0.2, 0.25) is 5.91 Å². The van der Waals surface area contributed by atoms with Crippen LogP contribution in [0, 0.1) is 0 Å². The van der Waals surface area contributed by atoms with Gasteiger partial charge in [-0.15, -0.1) is 0 Å². The maximum atomic E-state index is 11.8. The molecule has 5 heteroatoms. The van der Waals surface area contributed by atoms with E-state index in [4.69, 9.17) is 10.5 Å². The fraction of sp³-hybridized carbons (Fsp3) is 0.308. The van der Waals surface area contributed by atoms with Crippen molar-refractivity contribution < 1.29 is 9.53 Å². The predicted molar refractivity (Wildman–Crippen MR) is 71.4 cm³/mol. The average molecular weight is 247 g/mol. The standard InChI is InChI=1S/C13H17N3O2/c1-18-9(8-14)7-13(17)16-12-4-2-3-11-10(12)5-6-15-11/h2-6,9,15H,7-8,14H2,1H3,(H,16,17). The topological polar surface area (TPSA) is 80.1 Å². The largest absolute Gasteiger partial charge is 0.380 e. The number of anilines is 1. The molecule has 1 unspecified atom stereocenters. The van der Waals surface area contributed by atoms with E-state index in [1.54, 1.807) is 7.11 Å². The first-order valence-electron chi connectivity index (χ1n) is 5.83. The molecule has 2 rings (SSSR count). The van der Waals surface area contributed by atoms with Gasteiger partial charge in [0.1, 0.15) is 0 Å². The molecule has 0 fully saturated rings. The molecular formula is C13H17N3O2. The fourth-order valence-corrected chi connectivity index (χ4v) is 1.87. The number of methoxy groups -OCH3 is 1. The smallest absolute Gasteiger partial charge is 0.227 e. The second-order valence-corrected chi connectivity index (χ2v) is 4.09. The van der Waals surface area contributed by atoms with E-state index in [0.717, 1.165) is 16.6 Å². The van der Waals surface area contributed by atoms with E-state index in [-0.39, 0.29) is 18.4 Å². The van der Waals surface area contributed by atoms with Gasteiger partial charge in [0.05, 0.1) is 18.2 Å². The monoisotopic (exact) mass is 247 g/mol. The number of rotatable bonds is 5. The lowest BCUT2D eigenvalue weighted by atomic mass is 10.2. The summed E-state index contributed by atoms with van der Waals surface area (Å²) in [6, 6.07) is 7.66. The molecule has 0 saturated carbocycles. The minimum absolute atomic E-state index is 0.0963. The number of amides is 1. The Morgan fingerprint density at radius 3 is 3.06 bits per heavy atom. The van der Waals surface area contributed by atoms with Gasteiger partial charge in [0.25, 0.3) is 0 Å². The third-order valence-corrected chi connectivity index (χ3v) is 2.88. The van der Waals surface area contributed by atoms with Crippen LogP contribution in [0.5, 0.6) is 0 Å². The Bertz CT molecular complexity index is 532. The molecule has 1 aromatic heterocycles. The summed E-state index contributed by atoms with van der Waals surface area (Å²) in [5, 5.41) is 3.87. The molecule has 0 spiro atoms. The summed E-state index contributed by atoms with van der Waals surface area (Å²) in [6.45, 7) is 0.332. The number of fused-ring (bicyclic) bond motifs is 1. The molecule has 4 N–H and O–H groups in total. The molecule has 0 saturated heterocycles. The van der Waals surface area contributed by atoms with Crippen LogP contribution in [0.1, 0.15) is 6.42 Å². The number of hydrogen-bond acceptors (Lipinski definition) is 3. The first-order chi connectivity index (χ1) is 8.74. The number of nitrogens with two attached hydrogens (primary N) is 1. The lowest BCUT2D eigenvalue weighted by molar-refractivity contribution is -0.118. The summed E-state index contributed by atoms with van der Waals surface area (Å²) in [7, 11) is 1.55. The highest BCUT2D eigenvalue weighted by atomic mass is 16.5. The third kappa shape index (κ3) is 2.69. The minimum Gasteiger partial charge on any atom is -0.380 e. The van der Waals surface area contributed by atoms with Gasteiger partial charge in [-0.1, -0.05) is 6.07 Å². The van der Waals surface area contributed by atoms with Crippen LogP contribution in [0.15, 0.2) is 30.5 Å². The Morgan fingerprint density at radius 1 is 1.50 bits per heavy atom. The number of carbonyl (C=O) groups is 1. The van der Waals surface area contributed by atoms with Crippen molar-refractivity contribution in [2.75, 3.05) is 19.0 Å². The SMILES string of the molecule is COC(CN)CC(=O)Nc1cccc2[nH]ccc12. The van der Waals surface area contributed by atoms with Gasteiger partial charge in [-0.3, -0.25) is 4.79 Å². The molecule has 2 aromatic rings. The predicted octanol–water partition coefficient (Wildman–Crippen LogP) is 1.47. The number of nitrogens with one attached hydrogen (secondary N) is 2. The molecule has 18 heavy (non-hydrogen) atoms. The third-order valence-electron chi connectivity index (χ3n) is 2.88. The van der Waals surface area contributed by atoms with Gasteiger partial charge < -0.3 is 20.8 Å². The number of ether oxygens (including phenoxy) is 1. The summed E-state index contributed by atoms with van der Waals surface area (Å²) < 4.78 is 5.09. The van der Waals surface area contributed by atoms with E-state index in [1.165, 1.54) is 0 Å². The number of aromatic amines is 1. The van der Waals surface area contributed by atoms with Crippen molar-refractivity contribution in [1.29, 1.82) is 0 Å². The molecule has 0 aliphatic carbocycles. The second kappa shape index (κ2) is 5.66. The molecule has 1 amide bonds. The zero-order valence-corrected chi connectivity index (χ0v) is 10.3. The summed E-state index contributed by atoms with van der Waals surface area (Å²) in [6.07, 6.45) is 1.86. The molecule has 1 heterocycles. The van der Waals surface area contributed by atoms with Crippen LogP contribution in [-0.2, 0) is 9.53 Å². The summed E-state index contributed by atoms with van der Waals surface area (Å²) in [5.74, 6) is -0.0963. The van der Waals surface area contributed by atoms with Crippen molar-refractivity contribution in [1.82, 2.24) is 4.98 Å².